The number of hydrogen-bond acceptors (Lipinski definition) is 2. The van der Waals surface area contributed by atoms with E-state index in [1.807, 2.05) is 0 Å². The van der Waals surface area contributed by atoms with Crippen molar-refractivity contribution >= 4 is 11.8 Å². The van der Waals surface area contributed by atoms with Crippen LogP contribution in [0.3, 0.4) is 0 Å². The fourth-order valence-electron chi connectivity index (χ4n) is 3.05. The van der Waals surface area contributed by atoms with Crippen LogP contribution in [0.1, 0.15) is 87.0 Å². The Labute approximate surface area is 155 Å². The largest absolute Gasteiger partial charge is 0.385 e. The van der Waals surface area contributed by atoms with Gasteiger partial charge in [-0.25, -0.2) is 0 Å². The number of allylic oxidation sites excluding steroid dienone is 4. The lowest BCUT2D eigenvalue weighted by Crippen LogP contribution is -2.26. The molecule has 0 spiro atoms. The Kier molecular flexibility index (Phi) is 9.26. The van der Waals surface area contributed by atoms with Gasteiger partial charge in [0, 0.05) is 21.9 Å². The van der Waals surface area contributed by atoms with E-state index in [0.29, 0.717) is 4.75 Å². The minimum atomic E-state index is 0.375. The first-order valence-corrected chi connectivity index (χ1v) is 10.6. The van der Waals surface area contributed by atoms with Crippen LogP contribution < -0.4 is 5.32 Å². The van der Waals surface area contributed by atoms with Crippen LogP contribution in [0, 0.1) is 5.92 Å². The van der Waals surface area contributed by atoms with E-state index in [9.17, 15) is 0 Å². The van der Waals surface area contributed by atoms with E-state index in [1.165, 1.54) is 60.3 Å². The number of nitrogens with one attached hydrogen (secondary N) is 1. The molecule has 0 amide bonds. The molecule has 138 valence electrons. The summed E-state index contributed by atoms with van der Waals surface area (Å²) in [6.07, 6.45) is 12.5. The Hall–Kier alpha value is -0.630. The van der Waals surface area contributed by atoms with Crippen LogP contribution in [0.4, 0.5) is 0 Å². The third-order valence-corrected chi connectivity index (χ3v) is 6.95. The number of rotatable bonds is 10. The van der Waals surface area contributed by atoms with E-state index < -0.39 is 0 Å². The van der Waals surface area contributed by atoms with Gasteiger partial charge < -0.3 is 5.32 Å². The molecule has 0 aliphatic carbocycles. The smallest absolute Gasteiger partial charge is 0.0329 e. The second-order valence-electron chi connectivity index (χ2n) is 7.75. The average Bonchev–Trinajstić information content (AvgIpc) is 2.95. The molecule has 1 N–H and O–H groups in total. The molecule has 1 aliphatic heterocycles. The van der Waals surface area contributed by atoms with Gasteiger partial charge in [0.2, 0.25) is 0 Å². The van der Waals surface area contributed by atoms with Gasteiger partial charge in [0.1, 0.15) is 0 Å². The number of thioether (sulfide) groups is 1. The van der Waals surface area contributed by atoms with Gasteiger partial charge >= 0.3 is 0 Å². The third-order valence-electron chi connectivity index (χ3n) is 5.20. The monoisotopic (exact) mass is 349 g/mol. The zero-order valence-electron chi connectivity index (χ0n) is 17.1. The molecule has 0 saturated heterocycles. The summed E-state index contributed by atoms with van der Waals surface area (Å²) in [5.41, 5.74) is 4.08. The SMILES string of the molecule is CCCCNC(/C=C(\C)C1=CCC(C)(C(C)CCCC)S1)=C(C)C. The summed E-state index contributed by atoms with van der Waals surface area (Å²) < 4.78 is 0.375. The van der Waals surface area contributed by atoms with Crippen molar-refractivity contribution in [3.05, 3.63) is 33.9 Å². The molecule has 2 atom stereocenters. The van der Waals surface area contributed by atoms with Crippen LogP contribution in [0.15, 0.2) is 33.9 Å². The molecule has 2 unspecified atom stereocenters. The number of unbranched alkanes of at least 4 members (excludes halogenated alkanes) is 2. The van der Waals surface area contributed by atoms with Crippen LogP contribution in [0.5, 0.6) is 0 Å². The fourth-order valence-corrected chi connectivity index (χ4v) is 4.42. The summed E-state index contributed by atoms with van der Waals surface area (Å²) in [5.74, 6) is 0.773. The number of hydrogen-bond donors (Lipinski definition) is 1. The zero-order chi connectivity index (χ0) is 18.2. The van der Waals surface area contributed by atoms with E-state index in [2.05, 4.69) is 77.7 Å². The van der Waals surface area contributed by atoms with Crippen molar-refractivity contribution in [2.24, 2.45) is 5.92 Å². The summed E-state index contributed by atoms with van der Waals surface area (Å²) in [4.78, 5) is 1.48. The Morgan fingerprint density at radius 3 is 2.50 bits per heavy atom. The molecule has 0 aromatic rings. The van der Waals surface area contributed by atoms with Crippen LogP contribution >= 0.6 is 11.8 Å². The van der Waals surface area contributed by atoms with Crippen LogP contribution in [0.25, 0.3) is 0 Å². The highest BCUT2D eigenvalue weighted by molar-refractivity contribution is 8.04. The average molecular weight is 350 g/mol. The molecule has 1 aliphatic rings. The second-order valence-corrected chi connectivity index (χ2v) is 9.33. The Morgan fingerprint density at radius 1 is 1.25 bits per heavy atom. The Balaban J connectivity index is 2.74. The first-order chi connectivity index (χ1) is 11.3. The van der Waals surface area contributed by atoms with Gasteiger partial charge in [-0.2, -0.15) is 0 Å². The minimum absolute atomic E-state index is 0.375. The zero-order valence-corrected chi connectivity index (χ0v) is 17.9. The summed E-state index contributed by atoms with van der Waals surface area (Å²) in [6.45, 7) is 17.2. The van der Waals surface area contributed by atoms with E-state index in [0.717, 1.165) is 12.5 Å². The first-order valence-electron chi connectivity index (χ1n) is 9.83. The predicted octanol–water partition coefficient (Wildman–Crippen LogP) is 7.22. The maximum absolute atomic E-state index is 3.61. The maximum atomic E-state index is 3.61. The molecule has 2 heteroatoms. The normalized spacial score (nSPS) is 22.3. The van der Waals surface area contributed by atoms with E-state index >= 15 is 0 Å². The second kappa shape index (κ2) is 10.4. The lowest BCUT2D eigenvalue weighted by atomic mass is 9.87. The van der Waals surface area contributed by atoms with Crippen LogP contribution in [0.2, 0.25) is 0 Å². The van der Waals surface area contributed by atoms with Crippen molar-refractivity contribution in [2.45, 2.75) is 91.7 Å². The van der Waals surface area contributed by atoms with Gasteiger partial charge in [-0.15, -0.1) is 11.8 Å². The van der Waals surface area contributed by atoms with Crippen LogP contribution in [-0.2, 0) is 0 Å². The molecule has 0 fully saturated rings. The minimum Gasteiger partial charge on any atom is -0.385 e. The molecule has 0 radical (unpaired) electrons. The van der Waals surface area contributed by atoms with E-state index in [4.69, 9.17) is 0 Å². The molecule has 0 saturated carbocycles. The lowest BCUT2D eigenvalue weighted by Gasteiger charge is -2.31. The first kappa shape index (κ1) is 21.4. The van der Waals surface area contributed by atoms with Gasteiger partial charge in [0.25, 0.3) is 0 Å². The van der Waals surface area contributed by atoms with Crippen molar-refractivity contribution in [2.75, 3.05) is 6.54 Å². The quantitative estimate of drug-likeness (QED) is 0.330. The molecular weight excluding hydrogens is 310 g/mol. The molecule has 0 aromatic carbocycles. The van der Waals surface area contributed by atoms with Gasteiger partial charge in [0.15, 0.2) is 0 Å². The standard InChI is InChI=1S/C22H39NS/c1-8-10-12-19(6)22(7)14-13-21(24-22)18(5)16-20(17(3)4)23-15-11-9-2/h13,16,19,23H,8-12,14-15H2,1-7H3/b18-16+. The Morgan fingerprint density at radius 2 is 1.92 bits per heavy atom. The molecule has 1 nitrogen and oxygen atoms in total. The van der Waals surface area contributed by atoms with Gasteiger partial charge in [0.05, 0.1) is 0 Å². The predicted molar refractivity (Wildman–Crippen MR) is 112 cm³/mol. The molecule has 0 bridgehead atoms. The molecule has 24 heavy (non-hydrogen) atoms. The van der Waals surface area contributed by atoms with Crippen molar-refractivity contribution in [3.63, 3.8) is 0 Å². The summed E-state index contributed by atoms with van der Waals surface area (Å²) >= 11 is 2.10. The van der Waals surface area contributed by atoms with E-state index in [1.54, 1.807) is 0 Å². The lowest BCUT2D eigenvalue weighted by molar-refractivity contribution is 0.399. The van der Waals surface area contributed by atoms with Crippen molar-refractivity contribution in [1.29, 1.82) is 0 Å². The van der Waals surface area contributed by atoms with Crippen molar-refractivity contribution < 1.29 is 0 Å². The molecule has 0 aromatic heterocycles. The highest BCUT2D eigenvalue weighted by Gasteiger charge is 2.35. The molecule has 1 heterocycles. The topological polar surface area (TPSA) is 12.0 Å². The van der Waals surface area contributed by atoms with Gasteiger partial charge in [-0.05, 0) is 64.5 Å². The summed E-state index contributed by atoms with van der Waals surface area (Å²) in [5, 5.41) is 3.61. The summed E-state index contributed by atoms with van der Waals surface area (Å²) in [6, 6.07) is 0. The van der Waals surface area contributed by atoms with Crippen molar-refractivity contribution in [3.8, 4) is 0 Å². The van der Waals surface area contributed by atoms with E-state index in [-0.39, 0.29) is 0 Å². The van der Waals surface area contributed by atoms with Crippen LogP contribution in [-0.4, -0.2) is 11.3 Å². The molecule has 1 rings (SSSR count). The van der Waals surface area contributed by atoms with Gasteiger partial charge in [-0.3, -0.25) is 0 Å². The fraction of sp³-hybridized carbons (Fsp3) is 0.727. The maximum Gasteiger partial charge on any atom is 0.0329 e. The molecular formula is C22H39NS. The van der Waals surface area contributed by atoms with Crippen molar-refractivity contribution in [1.82, 2.24) is 5.32 Å². The Bertz CT molecular complexity index is 482. The van der Waals surface area contributed by atoms with Gasteiger partial charge in [-0.1, -0.05) is 51.7 Å². The highest BCUT2D eigenvalue weighted by atomic mass is 32.2. The summed E-state index contributed by atoms with van der Waals surface area (Å²) in [7, 11) is 0. The highest BCUT2D eigenvalue weighted by Crippen LogP contribution is 2.50. The third kappa shape index (κ3) is 6.35.